The Kier molecular flexibility index (Phi) is 10.1. The molecule has 0 unspecified atom stereocenters. The normalized spacial score (nSPS) is 11.5. The van der Waals surface area contributed by atoms with Crippen LogP contribution in [0, 0.1) is 0 Å². The van der Waals surface area contributed by atoms with Crippen molar-refractivity contribution in [2.75, 3.05) is 0 Å². The smallest absolute Gasteiger partial charge is 0.171 e. The van der Waals surface area contributed by atoms with Crippen LogP contribution in [0.3, 0.4) is 0 Å². The monoisotopic (exact) mass is 838 g/mol. The fraction of sp³-hybridized carbons (Fsp3) is 0. The van der Waals surface area contributed by atoms with Crippen molar-refractivity contribution in [3.05, 3.63) is 237 Å². The molecular weight excluding hydrogens is 800 g/mol. The van der Waals surface area contributed by atoms with E-state index in [1.165, 1.54) is 10.9 Å². The van der Waals surface area contributed by atoms with E-state index in [1.807, 2.05) is 121 Å². The Morgan fingerprint density at radius 1 is 0.281 bits per heavy atom. The molecule has 0 aliphatic rings. The van der Waals surface area contributed by atoms with Gasteiger partial charge in [-0.2, -0.15) is 0 Å². The lowest BCUT2D eigenvalue weighted by molar-refractivity contribution is 0.592. The molecule has 0 spiro atoms. The van der Waals surface area contributed by atoms with Gasteiger partial charge in [-0.3, -0.25) is 0 Å². The van der Waals surface area contributed by atoms with Crippen molar-refractivity contribution in [3.8, 4) is 67.7 Å². The number of benzene rings is 9. The van der Waals surface area contributed by atoms with Gasteiger partial charge in [0.15, 0.2) is 24.6 Å². The summed E-state index contributed by atoms with van der Waals surface area (Å²) in [5.74, 6) is 1.69. The standard InChI is InChI=1S/C58H39N4OP/c63-64(47-20-9-3-10-21-47,48-22-11-4-12-23-48)49-38-36-46(37-39-49)58-61-56(44-18-7-2-8-19-44)60-57(62-58)45-34-30-41(31-35-45)40-28-32-42(33-29-40)50-25-15-26-52-54(50)51-24-13-14-27-53(51)59-55(52)43-16-5-1-6-17-43/h1-39H. The molecule has 2 heterocycles. The van der Waals surface area contributed by atoms with Gasteiger partial charge in [0.2, 0.25) is 0 Å². The van der Waals surface area contributed by atoms with E-state index in [0.29, 0.717) is 17.5 Å². The van der Waals surface area contributed by atoms with Crippen molar-refractivity contribution in [1.29, 1.82) is 0 Å². The van der Waals surface area contributed by atoms with Gasteiger partial charge >= 0.3 is 0 Å². The number of rotatable bonds is 9. The molecule has 0 radical (unpaired) electrons. The quantitative estimate of drug-likeness (QED) is 0.107. The maximum absolute atomic E-state index is 15.1. The molecule has 5 nitrogen and oxygen atoms in total. The molecule has 64 heavy (non-hydrogen) atoms. The highest BCUT2D eigenvalue weighted by atomic mass is 31.2. The van der Waals surface area contributed by atoms with Crippen LogP contribution in [0.25, 0.3) is 89.4 Å². The zero-order valence-electron chi connectivity index (χ0n) is 34.7. The van der Waals surface area contributed by atoms with Gasteiger partial charge in [-0.1, -0.05) is 231 Å². The molecule has 0 bridgehead atoms. The van der Waals surface area contributed by atoms with Gasteiger partial charge in [0.25, 0.3) is 0 Å². The van der Waals surface area contributed by atoms with Gasteiger partial charge in [0.05, 0.1) is 11.2 Å². The molecule has 6 heteroatoms. The van der Waals surface area contributed by atoms with Crippen LogP contribution in [0.4, 0.5) is 0 Å². The topological polar surface area (TPSA) is 68.6 Å². The Bertz CT molecular complexity index is 3430. The second-order valence-corrected chi connectivity index (χ2v) is 18.5. The first-order chi connectivity index (χ1) is 31.6. The lowest BCUT2D eigenvalue weighted by Gasteiger charge is -2.20. The first-order valence-corrected chi connectivity index (χ1v) is 23.0. The molecule has 0 saturated carbocycles. The van der Waals surface area contributed by atoms with Crippen molar-refractivity contribution >= 4 is 44.7 Å². The van der Waals surface area contributed by atoms with Crippen molar-refractivity contribution in [2.45, 2.75) is 0 Å². The number of aromatic nitrogens is 4. The van der Waals surface area contributed by atoms with Crippen LogP contribution in [-0.2, 0) is 4.57 Å². The molecule has 0 aliphatic heterocycles. The number of fused-ring (bicyclic) bond motifs is 3. The van der Waals surface area contributed by atoms with E-state index in [1.54, 1.807) is 0 Å². The molecule has 0 fully saturated rings. The third-order valence-electron chi connectivity index (χ3n) is 11.8. The van der Waals surface area contributed by atoms with Crippen molar-refractivity contribution < 1.29 is 4.57 Å². The van der Waals surface area contributed by atoms with E-state index < -0.39 is 7.14 Å². The third-order valence-corrected chi connectivity index (χ3v) is 14.9. The van der Waals surface area contributed by atoms with Gasteiger partial charge in [-0.05, 0) is 28.3 Å². The number of para-hydroxylation sites is 1. The largest absolute Gasteiger partial charge is 0.309 e. The fourth-order valence-corrected chi connectivity index (χ4v) is 11.3. The highest BCUT2D eigenvalue weighted by Crippen LogP contribution is 2.43. The Morgan fingerprint density at radius 2 is 0.672 bits per heavy atom. The number of hydrogen-bond acceptors (Lipinski definition) is 5. The number of hydrogen-bond donors (Lipinski definition) is 0. The second-order valence-electron chi connectivity index (χ2n) is 15.7. The summed E-state index contributed by atoms with van der Waals surface area (Å²) >= 11 is 0. The Hall–Kier alpha value is -8.11. The average molecular weight is 839 g/mol. The average Bonchev–Trinajstić information content (AvgIpc) is 3.39. The van der Waals surface area contributed by atoms with E-state index in [2.05, 4.69) is 115 Å². The molecular formula is C58H39N4OP. The Balaban J connectivity index is 0.929. The fourth-order valence-electron chi connectivity index (χ4n) is 8.61. The maximum Gasteiger partial charge on any atom is 0.171 e. The summed E-state index contributed by atoms with van der Waals surface area (Å²) < 4.78 is 15.1. The lowest BCUT2D eigenvalue weighted by atomic mass is 9.92. The van der Waals surface area contributed by atoms with Crippen LogP contribution < -0.4 is 15.9 Å². The first-order valence-electron chi connectivity index (χ1n) is 21.3. The molecule has 0 aliphatic carbocycles. The predicted octanol–water partition coefficient (Wildman–Crippen LogP) is 13.2. The lowest BCUT2D eigenvalue weighted by Crippen LogP contribution is -2.24. The molecule has 9 aromatic carbocycles. The van der Waals surface area contributed by atoms with Crippen LogP contribution in [-0.4, -0.2) is 19.9 Å². The molecule has 11 rings (SSSR count). The van der Waals surface area contributed by atoms with Gasteiger partial charge in [0.1, 0.15) is 0 Å². The molecule has 11 aromatic rings. The minimum absolute atomic E-state index is 0.539. The van der Waals surface area contributed by atoms with Crippen molar-refractivity contribution in [3.63, 3.8) is 0 Å². The minimum Gasteiger partial charge on any atom is -0.309 e. The van der Waals surface area contributed by atoms with E-state index in [9.17, 15) is 0 Å². The maximum atomic E-state index is 15.1. The number of pyridine rings is 1. The van der Waals surface area contributed by atoms with Crippen LogP contribution in [0.5, 0.6) is 0 Å². The molecule has 2 aromatic heterocycles. The molecule has 0 amide bonds. The van der Waals surface area contributed by atoms with Crippen LogP contribution in [0.2, 0.25) is 0 Å². The van der Waals surface area contributed by atoms with Gasteiger partial charge in [-0.15, -0.1) is 0 Å². The summed E-state index contributed by atoms with van der Waals surface area (Å²) in [7, 11) is -3.14. The van der Waals surface area contributed by atoms with Crippen LogP contribution in [0.15, 0.2) is 237 Å². The van der Waals surface area contributed by atoms with Crippen LogP contribution >= 0.6 is 7.14 Å². The zero-order chi connectivity index (χ0) is 42.9. The Labute approximate surface area is 371 Å². The van der Waals surface area contributed by atoms with E-state index in [0.717, 1.165) is 76.8 Å². The second kappa shape index (κ2) is 16.6. The van der Waals surface area contributed by atoms with E-state index in [-0.39, 0.29) is 0 Å². The number of nitrogens with zero attached hydrogens (tertiary/aromatic N) is 4. The van der Waals surface area contributed by atoms with Crippen LogP contribution in [0.1, 0.15) is 0 Å². The predicted molar refractivity (Wildman–Crippen MR) is 265 cm³/mol. The van der Waals surface area contributed by atoms with Crippen molar-refractivity contribution in [2.24, 2.45) is 0 Å². The van der Waals surface area contributed by atoms with Gasteiger partial charge < -0.3 is 4.57 Å². The third kappa shape index (κ3) is 7.18. The summed E-state index contributed by atoms with van der Waals surface area (Å²) in [6.07, 6.45) is 0. The molecule has 0 atom stereocenters. The summed E-state index contributed by atoms with van der Waals surface area (Å²) in [5.41, 5.74) is 10.2. The zero-order valence-corrected chi connectivity index (χ0v) is 35.6. The Morgan fingerprint density at radius 3 is 1.22 bits per heavy atom. The summed E-state index contributed by atoms with van der Waals surface area (Å²) in [4.78, 5) is 20.1. The van der Waals surface area contributed by atoms with Gasteiger partial charge in [0, 0.05) is 54.3 Å². The highest BCUT2D eigenvalue weighted by Gasteiger charge is 2.29. The van der Waals surface area contributed by atoms with Crippen molar-refractivity contribution in [1.82, 2.24) is 19.9 Å². The first kappa shape index (κ1) is 38.8. The summed E-state index contributed by atoms with van der Waals surface area (Å²) in [6.45, 7) is 0. The minimum atomic E-state index is -3.14. The SMILES string of the molecule is O=P(c1ccccc1)(c1ccccc1)c1ccc(-c2nc(-c3ccccc3)nc(-c3ccc(-c4ccc(-c5cccc6c(-c7ccccc7)nc7ccccc7c56)cc4)cc3)n2)cc1. The van der Waals surface area contributed by atoms with E-state index >= 15 is 4.57 Å². The summed E-state index contributed by atoms with van der Waals surface area (Å²) in [5, 5.41) is 5.79. The molecule has 0 saturated heterocycles. The molecule has 0 N–H and O–H groups in total. The summed E-state index contributed by atoms with van der Waals surface area (Å²) in [6, 6.07) is 79.8. The van der Waals surface area contributed by atoms with Gasteiger partial charge in [-0.25, -0.2) is 19.9 Å². The molecule has 302 valence electrons. The van der Waals surface area contributed by atoms with E-state index in [4.69, 9.17) is 19.9 Å². The highest BCUT2D eigenvalue weighted by molar-refractivity contribution is 7.85.